The first kappa shape index (κ1) is 14.0. The largest absolute Gasteiger partial charge is 0.517 e. The highest BCUT2D eigenvalue weighted by Crippen LogP contribution is 2.11. The molecule has 5 nitrogen and oxygen atoms in total. The molecular formula is C8H22N2O3Si. The smallest absolute Gasteiger partial charge is 0.376 e. The van der Waals surface area contributed by atoms with Crippen LogP contribution in [0.5, 0.6) is 0 Å². The van der Waals surface area contributed by atoms with Gasteiger partial charge >= 0.3 is 8.80 Å². The van der Waals surface area contributed by atoms with Gasteiger partial charge in [0.15, 0.2) is 0 Å². The standard InChI is InChI=1S/C8H22N2O3Si/c1-5-8(10)6-13-14(11-3,12-4)7(2)9/h7-8H,5-6,9-10H2,1-4H3. The highest BCUT2D eigenvalue weighted by atomic mass is 28.4. The zero-order valence-corrected chi connectivity index (χ0v) is 10.4. The minimum Gasteiger partial charge on any atom is -0.376 e. The van der Waals surface area contributed by atoms with Crippen LogP contribution in [0.2, 0.25) is 0 Å². The Kier molecular flexibility index (Phi) is 6.50. The van der Waals surface area contributed by atoms with Gasteiger partial charge < -0.3 is 24.7 Å². The molecule has 4 N–H and O–H groups in total. The molecule has 0 aromatic rings. The van der Waals surface area contributed by atoms with E-state index >= 15 is 0 Å². The fraction of sp³-hybridized carbons (Fsp3) is 1.00. The SMILES string of the molecule is CCC(N)CO[Si](OC)(OC)C(C)N. The molecule has 0 aliphatic carbocycles. The summed E-state index contributed by atoms with van der Waals surface area (Å²) < 4.78 is 16.1. The van der Waals surface area contributed by atoms with Crippen molar-refractivity contribution >= 4 is 8.80 Å². The Balaban J connectivity index is 4.22. The third-order valence-electron chi connectivity index (χ3n) is 2.15. The van der Waals surface area contributed by atoms with E-state index in [1.165, 1.54) is 0 Å². The molecule has 2 unspecified atom stereocenters. The molecule has 0 aliphatic heterocycles. The van der Waals surface area contributed by atoms with Crippen molar-refractivity contribution in [2.24, 2.45) is 11.5 Å². The quantitative estimate of drug-likeness (QED) is 0.586. The maximum absolute atomic E-state index is 5.77. The van der Waals surface area contributed by atoms with Crippen molar-refractivity contribution in [1.82, 2.24) is 0 Å². The molecule has 0 saturated carbocycles. The zero-order chi connectivity index (χ0) is 11.2. The molecular weight excluding hydrogens is 200 g/mol. The van der Waals surface area contributed by atoms with E-state index in [1.807, 2.05) is 13.8 Å². The minimum atomic E-state index is -2.70. The van der Waals surface area contributed by atoms with E-state index in [2.05, 4.69) is 0 Å². The molecule has 0 amide bonds. The van der Waals surface area contributed by atoms with E-state index < -0.39 is 8.80 Å². The molecule has 2 atom stereocenters. The predicted octanol–water partition coefficient (Wildman–Crippen LogP) is -0.142. The van der Waals surface area contributed by atoms with Crippen LogP contribution >= 0.6 is 0 Å². The summed E-state index contributed by atoms with van der Waals surface area (Å²) in [6.07, 6.45) is 0.858. The second-order valence-electron chi connectivity index (χ2n) is 3.28. The predicted molar refractivity (Wildman–Crippen MR) is 57.6 cm³/mol. The molecule has 0 bridgehead atoms. The first-order valence-electron chi connectivity index (χ1n) is 4.77. The molecule has 86 valence electrons. The number of rotatable bonds is 7. The van der Waals surface area contributed by atoms with E-state index in [-0.39, 0.29) is 11.7 Å². The Labute approximate surface area is 87.1 Å². The lowest BCUT2D eigenvalue weighted by Gasteiger charge is -2.30. The van der Waals surface area contributed by atoms with Crippen molar-refractivity contribution in [2.75, 3.05) is 20.8 Å². The average molecular weight is 222 g/mol. The van der Waals surface area contributed by atoms with Crippen molar-refractivity contribution in [3.8, 4) is 0 Å². The van der Waals surface area contributed by atoms with Gasteiger partial charge in [-0.3, -0.25) is 0 Å². The third kappa shape index (κ3) is 3.64. The molecule has 0 radical (unpaired) electrons. The first-order chi connectivity index (χ1) is 6.52. The monoisotopic (exact) mass is 222 g/mol. The van der Waals surface area contributed by atoms with Gasteiger partial charge in [0.1, 0.15) is 0 Å². The van der Waals surface area contributed by atoms with Crippen molar-refractivity contribution in [2.45, 2.75) is 32.0 Å². The molecule has 0 aromatic heterocycles. The highest BCUT2D eigenvalue weighted by molar-refractivity contribution is 6.62. The van der Waals surface area contributed by atoms with Crippen LogP contribution in [-0.4, -0.2) is 41.3 Å². The lowest BCUT2D eigenvalue weighted by atomic mass is 10.3. The normalized spacial score (nSPS) is 16.7. The molecule has 6 heteroatoms. The van der Waals surface area contributed by atoms with Crippen LogP contribution in [0.15, 0.2) is 0 Å². The van der Waals surface area contributed by atoms with Crippen LogP contribution in [0.1, 0.15) is 20.3 Å². The summed E-state index contributed by atoms with van der Waals surface area (Å²) in [5, 5.41) is 0. The van der Waals surface area contributed by atoms with Crippen LogP contribution < -0.4 is 11.5 Å². The first-order valence-corrected chi connectivity index (χ1v) is 6.58. The zero-order valence-electron chi connectivity index (χ0n) is 9.45. The van der Waals surface area contributed by atoms with Gasteiger partial charge in [-0.1, -0.05) is 6.92 Å². The topological polar surface area (TPSA) is 79.7 Å². The fourth-order valence-electron chi connectivity index (χ4n) is 1.05. The molecule has 0 heterocycles. The molecule has 0 aliphatic rings. The number of nitrogens with two attached hydrogens (primary N) is 2. The minimum absolute atomic E-state index is 0.00549. The summed E-state index contributed by atoms with van der Waals surface area (Å²) in [6, 6.07) is 0.00549. The summed E-state index contributed by atoms with van der Waals surface area (Å²) in [4.78, 5) is 0. The lowest BCUT2D eigenvalue weighted by Crippen LogP contribution is -2.58. The van der Waals surface area contributed by atoms with E-state index in [0.29, 0.717) is 6.61 Å². The van der Waals surface area contributed by atoms with Crippen molar-refractivity contribution in [3.63, 3.8) is 0 Å². The van der Waals surface area contributed by atoms with Crippen LogP contribution in [-0.2, 0) is 13.3 Å². The summed E-state index contributed by atoms with van der Waals surface area (Å²) in [6.45, 7) is 4.24. The van der Waals surface area contributed by atoms with Gasteiger partial charge in [0.2, 0.25) is 0 Å². The Hall–Kier alpha value is 0.0169. The van der Waals surface area contributed by atoms with Gasteiger partial charge in [-0.2, -0.15) is 0 Å². The van der Waals surface area contributed by atoms with Gasteiger partial charge in [0.25, 0.3) is 0 Å². The molecule has 0 rings (SSSR count). The Morgan fingerprint density at radius 2 is 1.71 bits per heavy atom. The molecule has 0 spiro atoms. The van der Waals surface area contributed by atoms with Gasteiger partial charge in [-0.15, -0.1) is 0 Å². The number of hydrogen-bond donors (Lipinski definition) is 2. The third-order valence-corrected chi connectivity index (χ3v) is 4.97. The van der Waals surface area contributed by atoms with Crippen molar-refractivity contribution < 1.29 is 13.3 Å². The average Bonchev–Trinajstić information content (AvgIpc) is 2.19. The Morgan fingerprint density at radius 3 is 2.00 bits per heavy atom. The second kappa shape index (κ2) is 6.49. The van der Waals surface area contributed by atoms with E-state index in [0.717, 1.165) is 6.42 Å². The number of hydrogen-bond acceptors (Lipinski definition) is 5. The van der Waals surface area contributed by atoms with Crippen LogP contribution in [0.25, 0.3) is 0 Å². The van der Waals surface area contributed by atoms with Gasteiger partial charge in [0.05, 0.1) is 12.3 Å². The summed E-state index contributed by atoms with van der Waals surface area (Å²) in [7, 11) is 0.402. The Morgan fingerprint density at radius 1 is 1.21 bits per heavy atom. The summed E-state index contributed by atoms with van der Waals surface area (Å²) in [5.74, 6) is 0. The second-order valence-corrected chi connectivity index (χ2v) is 6.50. The Bertz CT molecular complexity index is 154. The highest BCUT2D eigenvalue weighted by Gasteiger charge is 2.44. The maximum Gasteiger partial charge on any atom is 0.517 e. The van der Waals surface area contributed by atoms with E-state index in [9.17, 15) is 0 Å². The summed E-state index contributed by atoms with van der Waals surface area (Å²) >= 11 is 0. The van der Waals surface area contributed by atoms with Crippen molar-refractivity contribution in [1.29, 1.82) is 0 Å². The molecule has 14 heavy (non-hydrogen) atoms. The van der Waals surface area contributed by atoms with Crippen LogP contribution in [0.3, 0.4) is 0 Å². The molecule has 0 fully saturated rings. The fourth-order valence-corrected chi connectivity index (χ4v) is 2.90. The van der Waals surface area contributed by atoms with Crippen LogP contribution in [0.4, 0.5) is 0 Å². The van der Waals surface area contributed by atoms with Gasteiger partial charge in [0, 0.05) is 20.3 Å². The summed E-state index contributed by atoms with van der Waals surface area (Å²) in [5.41, 5.74) is 11.3. The molecule has 0 saturated heterocycles. The lowest BCUT2D eigenvalue weighted by molar-refractivity contribution is 0.0842. The van der Waals surface area contributed by atoms with Gasteiger partial charge in [-0.05, 0) is 13.3 Å². The van der Waals surface area contributed by atoms with Crippen molar-refractivity contribution in [3.05, 3.63) is 0 Å². The van der Waals surface area contributed by atoms with E-state index in [1.54, 1.807) is 14.2 Å². The van der Waals surface area contributed by atoms with E-state index in [4.69, 9.17) is 24.7 Å². The maximum atomic E-state index is 5.77. The van der Waals surface area contributed by atoms with Gasteiger partial charge in [-0.25, -0.2) is 0 Å². The molecule has 0 aromatic carbocycles. The van der Waals surface area contributed by atoms with Crippen LogP contribution in [0, 0.1) is 0 Å².